The summed E-state index contributed by atoms with van der Waals surface area (Å²) in [6, 6.07) is 21.3. The van der Waals surface area contributed by atoms with Gasteiger partial charge in [-0.25, -0.2) is 4.98 Å². The highest BCUT2D eigenvalue weighted by Crippen LogP contribution is 2.26. The summed E-state index contributed by atoms with van der Waals surface area (Å²) in [5.41, 5.74) is 8.86. The molecule has 28 heavy (non-hydrogen) atoms. The Morgan fingerprint density at radius 2 is 1.57 bits per heavy atom. The Kier molecular flexibility index (Phi) is 5.59. The molecule has 0 aliphatic heterocycles. The number of halogens is 1. The number of rotatable bonds is 1. The summed E-state index contributed by atoms with van der Waals surface area (Å²) in [5.74, 6) is 0.576. The van der Waals surface area contributed by atoms with Crippen molar-refractivity contribution in [3.63, 3.8) is 0 Å². The normalized spacial score (nSPS) is 9.82. The molecule has 0 amide bonds. The zero-order valence-electron chi connectivity index (χ0n) is 14.4. The molecule has 0 bridgehead atoms. The number of anilines is 1. The van der Waals surface area contributed by atoms with Crippen LogP contribution in [0.25, 0.3) is 22.6 Å². The Labute approximate surface area is 169 Å². The minimum absolute atomic E-state index is 0.0130. The van der Waals surface area contributed by atoms with Gasteiger partial charge in [-0.1, -0.05) is 15.9 Å². The fourth-order valence-electron chi connectivity index (χ4n) is 2.34. The lowest BCUT2D eigenvalue weighted by Gasteiger charge is -1.95. The van der Waals surface area contributed by atoms with Gasteiger partial charge in [0.15, 0.2) is 5.58 Å². The fraction of sp³-hybridized carbons (Fsp3) is 0. The molecule has 0 radical (unpaired) electrons. The highest BCUT2D eigenvalue weighted by atomic mass is 79.9. The van der Waals surface area contributed by atoms with Crippen molar-refractivity contribution in [3.8, 4) is 29.3 Å². The number of phenols is 1. The predicted octanol–water partition coefficient (Wildman–Crippen LogP) is 4.98. The molecular weight excluding hydrogens is 420 g/mol. The summed E-state index contributed by atoms with van der Waals surface area (Å²) in [6.07, 6.45) is 0. The number of benzene rings is 3. The fourth-order valence-corrected chi connectivity index (χ4v) is 2.60. The molecule has 0 spiro atoms. The number of hydrogen-bond donors (Lipinski definition) is 2. The maximum Gasteiger partial charge on any atom is 0.227 e. The van der Waals surface area contributed by atoms with Crippen molar-refractivity contribution in [3.05, 3.63) is 76.3 Å². The molecule has 0 aliphatic carbocycles. The van der Waals surface area contributed by atoms with E-state index in [2.05, 4.69) is 27.0 Å². The molecule has 6 nitrogen and oxygen atoms in total. The van der Waals surface area contributed by atoms with Gasteiger partial charge in [0.1, 0.15) is 11.3 Å². The molecule has 4 rings (SSSR count). The first-order chi connectivity index (χ1) is 13.5. The molecule has 3 aromatic carbocycles. The molecule has 1 aromatic heterocycles. The van der Waals surface area contributed by atoms with E-state index in [4.69, 9.17) is 25.8 Å². The summed E-state index contributed by atoms with van der Waals surface area (Å²) < 4.78 is 6.67. The smallest absolute Gasteiger partial charge is 0.227 e. The van der Waals surface area contributed by atoms with E-state index in [0.717, 1.165) is 10.0 Å². The lowest BCUT2D eigenvalue weighted by Crippen LogP contribution is -1.85. The number of aromatic hydroxyl groups is 1. The molecule has 0 aliphatic rings. The van der Waals surface area contributed by atoms with Crippen LogP contribution in [-0.4, -0.2) is 10.1 Å². The molecule has 4 aromatic rings. The summed E-state index contributed by atoms with van der Waals surface area (Å²) >= 11 is 3.38. The number of nitrogen functional groups attached to an aromatic ring is 1. The van der Waals surface area contributed by atoms with E-state index in [1.807, 2.05) is 30.3 Å². The summed E-state index contributed by atoms with van der Waals surface area (Å²) in [5, 5.41) is 26.1. The lowest BCUT2D eigenvalue weighted by molar-refractivity contribution is 0.478. The van der Waals surface area contributed by atoms with Crippen LogP contribution in [0.2, 0.25) is 0 Å². The third kappa shape index (κ3) is 4.29. The highest BCUT2D eigenvalue weighted by Gasteiger charge is 2.08. The van der Waals surface area contributed by atoms with E-state index >= 15 is 0 Å². The first-order valence-corrected chi connectivity index (χ1v) is 8.84. The second kappa shape index (κ2) is 8.26. The summed E-state index contributed by atoms with van der Waals surface area (Å²) in [4.78, 5) is 4.39. The van der Waals surface area contributed by atoms with Gasteiger partial charge in [0, 0.05) is 10.0 Å². The van der Waals surface area contributed by atoms with Gasteiger partial charge in [0.05, 0.1) is 29.0 Å². The SMILES string of the molecule is N#Cc1ccc(O)c(N)c1.N#Cc1ccc2oc(-c3ccc(Br)cc3)nc2c1. The molecule has 0 atom stereocenters. The van der Waals surface area contributed by atoms with Crippen molar-refractivity contribution < 1.29 is 9.52 Å². The van der Waals surface area contributed by atoms with E-state index in [9.17, 15) is 0 Å². The van der Waals surface area contributed by atoms with Gasteiger partial charge >= 0.3 is 0 Å². The van der Waals surface area contributed by atoms with Gasteiger partial charge in [-0.3, -0.25) is 0 Å². The number of nitrogens with two attached hydrogens (primary N) is 1. The largest absolute Gasteiger partial charge is 0.506 e. The Bertz CT molecular complexity index is 1220. The first-order valence-electron chi connectivity index (χ1n) is 8.05. The number of aromatic nitrogens is 1. The third-order valence-electron chi connectivity index (χ3n) is 3.76. The molecule has 7 heteroatoms. The van der Waals surface area contributed by atoms with Crippen molar-refractivity contribution in [2.24, 2.45) is 0 Å². The topological polar surface area (TPSA) is 120 Å². The number of nitrogens with zero attached hydrogens (tertiary/aromatic N) is 3. The van der Waals surface area contributed by atoms with Gasteiger partial charge in [-0.2, -0.15) is 10.5 Å². The Morgan fingerprint density at radius 3 is 2.21 bits per heavy atom. The van der Waals surface area contributed by atoms with Crippen molar-refractivity contribution in [2.45, 2.75) is 0 Å². The highest BCUT2D eigenvalue weighted by molar-refractivity contribution is 9.10. The summed E-state index contributed by atoms with van der Waals surface area (Å²) in [7, 11) is 0. The number of hydrogen-bond acceptors (Lipinski definition) is 6. The van der Waals surface area contributed by atoms with Gasteiger partial charge in [0.2, 0.25) is 5.89 Å². The maximum absolute atomic E-state index is 8.90. The number of oxazole rings is 1. The van der Waals surface area contributed by atoms with E-state index in [-0.39, 0.29) is 11.4 Å². The summed E-state index contributed by atoms with van der Waals surface area (Å²) in [6.45, 7) is 0. The Balaban J connectivity index is 0.000000192. The van der Waals surface area contributed by atoms with Crippen LogP contribution >= 0.6 is 15.9 Å². The molecule has 0 saturated heterocycles. The maximum atomic E-state index is 8.90. The predicted molar refractivity (Wildman–Crippen MR) is 109 cm³/mol. The van der Waals surface area contributed by atoms with Gasteiger partial charge in [-0.15, -0.1) is 0 Å². The minimum Gasteiger partial charge on any atom is -0.506 e. The molecule has 3 N–H and O–H groups in total. The number of fused-ring (bicyclic) bond motifs is 1. The quantitative estimate of drug-likeness (QED) is 0.323. The second-order valence-electron chi connectivity index (χ2n) is 5.71. The first kappa shape index (κ1) is 19.0. The van der Waals surface area contributed by atoms with Crippen molar-refractivity contribution in [1.29, 1.82) is 10.5 Å². The van der Waals surface area contributed by atoms with Crippen LogP contribution in [0, 0.1) is 22.7 Å². The molecule has 0 fully saturated rings. The monoisotopic (exact) mass is 432 g/mol. The zero-order chi connectivity index (χ0) is 20.1. The van der Waals surface area contributed by atoms with Crippen molar-refractivity contribution in [1.82, 2.24) is 4.98 Å². The van der Waals surface area contributed by atoms with Gasteiger partial charge < -0.3 is 15.3 Å². The van der Waals surface area contributed by atoms with Gasteiger partial charge in [-0.05, 0) is 60.7 Å². The van der Waals surface area contributed by atoms with E-state index in [1.165, 1.54) is 18.2 Å². The van der Waals surface area contributed by atoms with Crippen LogP contribution < -0.4 is 5.73 Å². The molecule has 0 unspecified atom stereocenters. The van der Waals surface area contributed by atoms with Crippen molar-refractivity contribution in [2.75, 3.05) is 5.73 Å². The average Bonchev–Trinajstić information content (AvgIpc) is 3.14. The van der Waals surface area contributed by atoms with E-state index < -0.39 is 0 Å². The molecule has 0 saturated carbocycles. The van der Waals surface area contributed by atoms with E-state index in [1.54, 1.807) is 18.2 Å². The Morgan fingerprint density at radius 1 is 0.929 bits per heavy atom. The van der Waals surface area contributed by atoms with Gasteiger partial charge in [0.25, 0.3) is 0 Å². The molecule has 136 valence electrons. The Hall–Kier alpha value is -3.81. The average molecular weight is 433 g/mol. The lowest BCUT2D eigenvalue weighted by atomic mass is 10.2. The van der Waals surface area contributed by atoms with E-state index in [0.29, 0.717) is 28.1 Å². The number of nitriles is 2. The number of phenolic OH excluding ortho intramolecular Hbond substituents is 1. The van der Waals surface area contributed by atoms with Crippen LogP contribution in [0.5, 0.6) is 5.75 Å². The van der Waals surface area contributed by atoms with Crippen molar-refractivity contribution >= 4 is 32.7 Å². The standard InChI is InChI=1S/C14H7BrN2O.C7H6N2O/c15-11-4-2-10(3-5-11)14-17-12-7-9(8-16)1-6-13(12)18-14;8-4-5-1-2-7(10)6(9)3-5/h1-7H;1-3,10H,9H2. The van der Waals surface area contributed by atoms with Crippen LogP contribution in [0.1, 0.15) is 11.1 Å². The second-order valence-corrected chi connectivity index (χ2v) is 6.62. The van der Waals surface area contributed by atoms with Crippen LogP contribution in [0.4, 0.5) is 5.69 Å². The zero-order valence-corrected chi connectivity index (χ0v) is 16.0. The van der Waals surface area contributed by atoms with Crippen LogP contribution in [0.15, 0.2) is 69.6 Å². The van der Waals surface area contributed by atoms with Crippen LogP contribution in [0.3, 0.4) is 0 Å². The molecule has 1 heterocycles. The van der Waals surface area contributed by atoms with Crippen LogP contribution in [-0.2, 0) is 0 Å². The molecular formula is C21H13BrN4O2. The third-order valence-corrected chi connectivity index (χ3v) is 4.29. The minimum atomic E-state index is 0.0130.